The fraction of sp³-hybridized carbons (Fsp3) is 0.364. The molecule has 0 saturated heterocycles. The molecular formula is C11H14O4S. The van der Waals surface area contributed by atoms with Gasteiger partial charge >= 0.3 is 5.97 Å². The van der Waals surface area contributed by atoms with Gasteiger partial charge in [-0.05, 0) is 31.2 Å². The fourth-order valence-corrected chi connectivity index (χ4v) is 2.09. The number of carbonyl (C=O) groups is 1. The molecule has 16 heavy (non-hydrogen) atoms. The molecule has 0 radical (unpaired) electrons. The third kappa shape index (κ3) is 3.75. The summed E-state index contributed by atoms with van der Waals surface area (Å²) in [7, 11) is -1.12. The average molecular weight is 242 g/mol. The molecule has 0 saturated carbocycles. The quantitative estimate of drug-likeness (QED) is 0.768. The molecule has 0 aliphatic heterocycles. The van der Waals surface area contributed by atoms with Gasteiger partial charge in [0.1, 0.15) is 0 Å². The molecule has 1 atom stereocenters. The lowest BCUT2D eigenvalue weighted by atomic mass is 10.2. The van der Waals surface area contributed by atoms with Crippen molar-refractivity contribution < 1.29 is 18.8 Å². The highest BCUT2D eigenvalue weighted by atomic mass is 32.2. The molecule has 0 bridgehead atoms. The second-order valence-electron chi connectivity index (χ2n) is 3.08. The zero-order valence-corrected chi connectivity index (χ0v) is 9.83. The molecule has 1 N–H and O–H groups in total. The van der Waals surface area contributed by atoms with Crippen molar-refractivity contribution in [2.75, 3.05) is 19.0 Å². The van der Waals surface area contributed by atoms with E-state index in [2.05, 4.69) is 0 Å². The van der Waals surface area contributed by atoms with Crippen molar-refractivity contribution in [1.29, 1.82) is 0 Å². The standard InChI is InChI=1S/C11H14O4S/c1-2-15-7-8-16(14)10-5-3-9(4-6-10)11(12)13/h3-6H,2,7-8H2,1H3,(H,12,13). The molecule has 0 fully saturated rings. The smallest absolute Gasteiger partial charge is 0.335 e. The Labute approximate surface area is 96.7 Å². The predicted octanol–water partition coefficient (Wildman–Crippen LogP) is 1.53. The largest absolute Gasteiger partial charge is 0.478 e. The van der Waals surface area contributed by atoms with Gasteiger partial charge in [0, 0.05) is 11.5 Å². The summed E-state index contributed by atoms with van der Waals surface area (Å²) in [5.74, 6) is -0.549. The van der Waals surface area contributed by atoms with Crippen LogP contribution in [0.2, 0.25) is 0 Å². The first-order chi connectivity index (χ1) is 7.65. The van der Waals surface area contributed by atoms with Crippen LogP contribution in [0.3, 0.4) is 0 Å². The van der Waals surface area contributed by atoms with Gasteiger partial charge in [0.2, 0.25) is 0 Å². The van der Waals surface area contributed by atoms with Crippen molar-refractivity contribution in [2.45, 2.75) is 11.8 Å². The minimum atomic E-state index is -1.12. The summed E-state index contributed by atoms with van der Waals surface area (Å²) in [4.78, 5) is 11.2. The first kappa shape index (κ1) is 12.9. The number of hydrogen-bond donors (Lipinski definition) is 1. The first-order valence-corrected chi connectivity index (χ1v) is 6.26. The average Bonchev–Trinajstić information content (AvgIpc) is 2.29. The van der Waals surface area contributed by atoms with Gasteiger partial charge in [0.25, 0.3) is 0 Å². The molecule has 0 spiro atoms. The van der Waals surface area contributed by atoms with Crippen LogP contribution >= 0.6 is 0 Å². The van der Waals surface area contributed by atoms with Crippen LogP contribution in [-0.2, 0) is 15.5 Å². The number of hydrogen-bond acceptors (Lipinski definition) is 3. The van der Waals surface area contributed by atoms with Crippen molar-refractivity contribution in [2.24, 2.45) is 0 Å². The van der Waals surface area contributed by atoms with Crippen molar-refractivity contribution in [3.05, 3.63) is 29.8 Å². The normalized spacial score (nSPS) is 12.3. The second kappa shape index (κ2) is 6.40. The van der Waals surface area contributed by atoms with Crippen molar-refractivity contribution in [3.63, 3.8) is 0 Å². The van der Waals surface area contributed by atoms with Crippen LogP contribution in [0, 0.1) is 0 Å². The molecule has 1 aromatic rings. The predicted molar refractivity (Wildman–Crippen MR) is 61.2 cm³/mol. The third-order valence-electron chi connectivity index (χ3n) is 1.98. The Kier molecular flexibility index (Phi) is 5.14. The Balaban J connectivity index is 2.59. The lowest BCUT2D eigenvalue weighted by molar-refractivity contribution is 0.0697. The molecule has 0 amide bonds. The Morgan fingerprint density at radius 1 is 1.38 bits per heavy atom. The van der Waals surface area contributed by atoms with E-state index in [1.807, 2.05) is 6.92 Å². The molecule has 1 unspecified atom stereocenters. The fourth-order valence-electron chi connectivity index (χ4n) is 1.15. The van der Waals surface area contributed by atoms with E-state index in [4.69, 9.17) is 9.84 Å². The van der Waals surface area contributed by atoms with E-state index in [0.29, 0.717) is 23.9 Å². The lowest BCUT2D eigenvalue weighted by Crippen LogP contribution is -2.06. The SMILES string of the molecule is CCOCCS(=O)c1ccc(C(=O)O)cc1. The van der Waals surface area contributed by atoms with E-state index in [1.54, 1.807) is 12.1 Å². The summed E-state index contributed by atoms with van der Waals surface area (Å²) in [6.07, 6.45) is 0. The molecule has 0 aromatic heterocycles. The molecule has 0 aliphatic rings. The van der Waals surface area contributed by atoms with Crippen LogP contribution in [0.5, 0.6) is 0 Å². The van der Waals surface area contributed by atoms with Crippen LogP contribution in [-0.4, -0.2) is 34.3 Å². The van der Waals surface area contributed by atoms with Crippen molar-refractivity contribution in [1.82, 2.24) is 0 Å². The monoisotopic (exact) mass is 242 g/mol. The van der Waals surface area contributed by atoms with Gasteiger partial charge in [-0.3, -0.25) is 4.21 Å². The Morgan fingerprint density at radius 2 is 2.00 bits per heavy atom. The second-order valence-corrected chi connectivity index (χ2v) is 4.65. The van der Waals surface area contributed by atoms with Crippen LogP contribution in [0.25, 0.3) is 0 Å². The summed E-state index contributed by atoms with van der Waals surface area (Å²) in [5, 5.41) is 8.69. The number of aromatic carboxylic acids is 1. The van der Waals surface area contributed by atoms with E-state index in [1.165, 1.54) is 12.1 Å². The maximum atomic E-state index is 11.7. The van der Waals surface area contributed by atoms with Gasteiger partial charge in [-0.2, -0.15) is 0 Å². The minimum absolute atomic E-state index is 0.200. The van der Waals surface area contributed by atoms with E-state index >= 15 is 0 Å². The molecule has 5 heteroatoms. The van der Waals surface area contributed by atoms with E-state index < -0.39 is 16.8 Å². The van der Waals surface area contributed by atoms with Crippen LogP contribution in [0.4, 0.5) is 0 Å². The van der Waals surface area contributed by atoms with Gasteiger partial charge in [-0.25, -0.2) is 4.79 Å². The Morgan fingerprint density at radius 3 is 2.50 bits per heavy atom. The zero-order valence-electron chi connectivity index (χ0n) is 9.01. The van der Waals surface area contributed by atoms with Crippen molar-refractivity contribution in [3.8, 4) is 0 Å². The van der Waals surface area contributed by atoms with E-state index in [9.17, 15) is 9.00 Å². The van der Waals surface area contributed by atoms with Crippen molar-refractivity contribution >= 4 is 16.8 Å². The molecule has 1 aromatic carbocycles. The maximum absolute atomic E-state index is 11.7. The Bertz CT molecular complexity index is 372. The first-order valence-electron chi connectivity index (χ1n) is 4.94. The van der Waals surface area contributed by atoms with E-state index in [0.717, 1.165) is 0 Å². The molecule has 1 rings (SSSR count). The van der Waals surface area contributed by atoms with Crippen LogP contribution in [0.1, 0.15) is 17.3 Å². The van der Waals surface area contributed by atoms with Crippen LogP contribution < -0.4 is 0 Å². The summed E-state index contributed by atoms with van der Waals surface area (Å²) in [6, 6.07) is 6.06. The maximum Gasteiger partial charge on any atom is 0.335 e. The zero-order chi connectivity index (χ0) is 12.0. The highest BCUT2D eigenvalue weighted by Crippen LogP contribution is 2.09. The molecular weight excluding hydrogens is 228 g/mol. The molecule has 0 heterocycles. The topological polar surface area (TPSA) is 63.6 Å². The summed E-state index contributed by atoms with van der Waals surface area (Å²) in [5.41, 5.74) is 0.200. The van der Waals surface area contributed by atoms with Gasteiger partial charge in [-0.1, -0.05) is 0 Å². The van der Waals surface area contributed by atoms with Crippen LogP contribution in [0.15, 0.2) is 29.2 Å². The summed E-state index contributed by atoms with van der Waals surface area (Å²) >= 11 is 0. The van der Waals surface area contributed by atoms with Gasteiger partial charge < -0.3 is 9.84 Å². The van der Waals surface area contributed by atoms with E-state index in [-0.39, 0.29) is 5.56 Å². The highest BCUT2D eigenvalue weighted by molar-refractivity contribution is 7.85. The number of carboxylic acids is 1. The summed E-state index contributed by atoms with van der Waals surface area (Å²) < 4.78 is 16.8. The van der Waals surface area contributed by atoms with Gasteiger partial charge in [0.15, 0.2) is 0 Å². The number of benzene rings is 1. The lowest BCUT2D eigenvalue weighted by Gasteiger charge is -2.03. The van der Waals surface area contributed by atoms with Gasteiger partial charge in [0.05, 0.1) is 28.7 Å². The van der Waals surface area contributed by atoms with Gasteiger partial charge in [-0.15, -0.1) is 0 Å². The summed E-state index contributed by atoms with van der Waals surface area (Å²) in [6.45, 7) is 2.93. The minimum Gasteiger partial charge on any atom is -0.478 e. The molecule has 0 aliphatic carbocycles. The molecule has 4 nitrogen and oxygen atoms in total. The number of rotatable bonds is 6. The number of carboxylic acid groups (broad SMARTS) is 1. The third-order valence-corrected chi connectivity index (χ3v) is 3.32. The number of ether oxygens (including phenoxy) is 1. The molecule has 88 valence electrons. The highest BCUT2D eigenvalue weighted by Gasteiger charge is 2.06. The Hall–Kier alpha value is -1.20.